The minimum absolute atomic E-state index is 0.0550. The Morgan fingerprint density at radius 1 is 1.36 bits per heavy atom. The Bertz CT molecular complexity index is 548. The third-order valence-corrected chi connectivity index (χ3v) is 4.40. The number of rotatable bonds is 3. The number of cyclic esters (lactones) is 1. The zero-order chi connectivity index (χ0) is 15.5. The van der Waals surface area contributed by atoms with Gasteiger partial charge in [0.05, 0.1) is 6.04 Å². The number of carbonyl (C=O) groups excluding carboxylic acids is 2. The second-order valence-electron chi connectivity index (χ2n) is 5.79. The van der Waals surface area contributed by atoms with Crippen molar-refractivity contribution in [1.29, 1.82) is 0 Å². The predicted molar refractivity (Wildman–Crippen MR) is 79.2 cm³/mol. The molecule has 3 rings (SSSR count). The molecule has 2 aliphatic heterocycles. The van der Waals surface area contributed by atoms with Crippen molar-refractivity contribution < 1.29 is 19.1 Å². The number of hydrogen-bond donors (Lipinski definition) is 0. The van der Waals surface area contributed by atoms with Crippen molar-refractivity contribution in [3.8, 4) is 0 Å². The first-order valence-corrected chi connectivity index (χ1v) is 7.50. The SMILES string of the molecule is CN1C(=O)OC[C@H]1[C@@H]1CCN(C(=O)OCc2ccccc2)C1. The fraction of sp³-hybridized carbons (Fsp3) is 0.500. The summed E-state index contributed by atoms with van der Waals surface area (Å²) in [4.78, 5) is 26.9. The Morgan fingerprint density at radius 3 is 2.82 bits per heavy atom. The van der Waals surface area contributed by atoms with E-state index in [4.69, 9.17) is 9.47 Å². The molecule has 2 amide bonds. The van der Waals surface area contributed by atoms with E-state index in [1.165, 1.54) is 0 Å². The highest BCUT2D eigenvalue weighted by Crippen LogP contribution is 2.27. The van der Waals surface area contributed by atoms with Gasteiger partial charge in [-0.15, -0.1) is 0 Å². The Kier molecular flexibility index (Phi) is 4.18. The Morgan fingerprint density at radius 2 is 2.14 bits per heavy atom. The summed E-state index contributed by atoms with van der Waals surface area (Å²) in [5.74, 6) is 0.251. The van der Waals surface area contributed by atoms with Gasteiger partial charge in [0.1, 0.15) is 13.2 Å². The van der Waals surface area contributed by atoms with E-state index in [0.29, 0.717) is 19.7 Å². The van der Waals surface area contributed by atoms with Crippen molar-refractivity contribution in [1.82, 2.24) is 9.80 Å². The van der Waals surface area contributed by atoms with Gasteiger partial charge in [0, 0.05) is 26.1 Å². The maximum atomic E-state index is 12.1. The molecule has 0 unspecified atom stereocenters. The highest BCUT2D eigenvalue weighted by atomic mass is 16.6. The number of nitrogens with zero attached hydrogens (tertiary/aromatic N) is 2. The molecule has 0 aromatic heterocycles. The summed E-state index contributed by atoms with van der Waals surface area (Å²) in [7, 11) is 1.75. The summed E-state index contributed by atoms with van der Waals surface area (Å²) >= 11 is 0. The van der Waals surface area contributed by atoms with E-state index in [9.17, 15) is 9.59 Å². The lowest BCUT2D eigenvalue weighted by Gasteiger charge is -2.23. The molecule has 2 fully saturated rings. The molecule has 0 saturated carbocycles. The largest absolute Gasteiger partial charge is 0.447 e. The molecule has 0 spiro atoms. The molecule has 22 heavy (non-hydrogen) atoms. The fourth-order valence-corrected chi connectivity index (χ4v) is 3.04. The standard InChI is InChI=1S/C16H20N2O4/c1-17-14(11-22-15(17)19)13-7-8-18(9-13)16(20)21-10-12-5-3-2-4-6-12/h2-6,13-14H,7-11H2,1H3/t13-,14+/m1/s1. The van der Waals surface area contributed by atoms with Gasteiger partial charge in [0.2, 0.25) is 0 Å². The molecule has 6 heteroatoms. The summed E-state index contributed by atoms with van der Waals surface area (Å²) in [6.07, 6.45) is 0.292. The van der Waals surface area contributed by atoms with Gasteiger partial charge in [0.25, 0.3) is 0 Å². The molecular formula is C16H20N2O4. The van der Waals surface area contributed by atoms with Gasteiger partial charge in [0.15, 0.2) is 0 Å². The van der Waals surface area contributed by atoms with Crippen LogP contribution in [0.25, 0.3) is 0 Å². The van der Waals surface area contributed by atoms with Crippen LogP contribution in [0.3, 0.4) is 0 Å². The summed E-state index contributed by atoms with van der Waals surface area (Å²) < 4.78 is 10.4. The Hall–Kier alpha value is -2.24. The van der Waals surface area contributed by atoms with E-state index in [1.807, 2.05) is 30.3 Å². The highest BCUT2D eigenvalue weighted by molar-refractivity contribution is 5.70. The van der Waals surface area contributed by atoms with E-state index in [0.717, 1.165) is 12.0 Å². The summed E-state index contributed by atoms with van der Waals surface area (Å²) in [6.45, 7) is 1.97. The maximum absolute atomic E-state index is 12.1. The second-order valence-corrected chi connectivity index (χ2v) is 5.79. The van der Waals surface area contributed by atoms with E-state index >= 15 is 0 Å². The number of likely N-dealkylation sites (N-methyl/N-ethyl adjacent to an activating group) is 1. The molecule has 0 aliphatic carbocycles. The monoisotopic (exact) mass is 304 g/mol. The number of benzene rings is 1. The van der Waals surface area contributed by atoms with Crippen molar-refractivity contribution in [2.75, 3.05) is 26.7 Å². The second kappa shape index (κ2) is 6.25. The average molecular weight is 304 g/mol. The van der Waals surface area contributed by atoms with Gasteiger partial charge < -0.3 is 19.3 Å². The Labute approximate surface area is 129 Å². The normalized spacial score (nSPS) is 24.5. The number of ether oxygens (including phenoxy) is 2. The quantitative estimate of drug-likeness (QED) is 0.858. The average Bonchev–Trinajstić information content (AvgIpc) is 3.14. The van der Waals surface area contributed by atoms with Crippen molar-refractivity contribution in [2.45, 2.75) is 19.1 Å². The van der Waals surface area contributed by atoms with Gasteiger partial charge in [-0.2, -0.15) is 0 Å². The summed E-state index contributed by atoms with van der Waals surface area (Å²) in [6, 6.07) is 9.67. The predicted octanol–water partition coefficient (Wildman–Crippen LogP) is 2.10. The van der Waals surface area contributed by atoms with Crippen molar-refractivity contribution >= 4 is 12.2 Å². The lowest BCUT2D eigenvalue weighted by molar-refractivity contribution is 0.101. The first kappa shape index (κ1) is 14.7. The van der Waals surface area contributed by atoms with Gasteiger partial charge in [-0.25, -0.2) is 9.59 Å². The topological polar surface area (TPSA) is 59.1 Å². The summed E-state index contributed by atoms with van der Waals surface area (Å²) in [5, 5.41) is 0. The van der Waals surface area contributed by atoms with E-state index in [2.05, 4.69) is 0 Å². The van der Waals surface area contributed by atoms with Crippen LogP contribution in [0.5, 0.6) is 0 Å². The lowest BCUT2D eigenvalue weighted by Crippen LogP contribution is -2.38. The zero-order valence-electron chi connectivity index (χ0n) is 12.6. The molecule has 6 nitrogen and oxygen atoms in total. The molecule has 0 N–H and O–H groups in total. The smallest absolute Gasteiger partial charge is 0.410 e. The molecule has 0 radical (unpaired) electrons. The molecule has 0 bridgehead atoms. The van der Waals surface area contributed by atoms with Crippen molar-refractivity contribution in [2.24, 2.45) is 5.92 Å². The van der Waals surface area contributed by atoms with Crippen LogP contribution >= 0.6 is 0 Å². The molecule has 118 valence electrons. The van der Waals surface area contributed by atoms with E-state index < -0.39 is 0 Å². The maximum Gasteiger partial charge on any atom is 0.410 e. The van der Waals surface area contributed by atoms with Gasteiger partial charge in [-0.05, 0) is 12.0 Å². The van der Waals surface area contributed by atoms with Crippen LogP contribution in [0.15, 0.2) is 30.3 Å². The first-order chi connectivity index (χ1) is 10.6. The first-order valence-electron chi connectivity index (χ1n) is 7.50. The third kappa shape index (κ3) is 3.00. The molecule has 1 aromatic rings. The van der Waals surface area contributed by atoms with Crippen LogP contribution in [0, 0.1) is 5.92 Å². The minimum Gasteiger partial charge on any atom is -0.447 e. The van der Waals surface area contributed by atoms with Crippen LogP contribution < -0.4 is 0 Å². The lowest BCUT2D eigenvalue weighted by atomic mass is 9.99. The third-order valence-electron chi connectivity index (χ3n) is 4.40. The molecule has 2 aliphatic rings. The van der Waals surface area contributed by atoms with Crippen molar-refractivity contribution in [3.05, 3.63) is 35.9 Å². The highest BCUT2D eigenvalue weighted by Gasteiger charge is 2.40. The Balaban J connectivity index is 1.50. The molecule has 1 aromatic carbocycles. The van der Waals surface area contributed by atoms with Crippen LogP contribution in [-0.4, -0.2) is 54.8 Å². The number of likely N-dealkylation sites (tertiary alicyclic amines) is 1. The number of hydrogen-bond acceptors (Lipinski definition) is 4. The molecule has 2 saturated heterocycles. The zero-order valence-corrected chi connectivity index (χ0v) is 12.6. The van der Waals surface area contributed by atoms with Gasteiger partial charge in [-0.1, -0.05) is 30.3 Å². The number of carbonyl (C=O) groups is 2. The van der Waals surface area contributed by atoms with Crippen LogP contribution in [0.1, 0.15) is 12.0 Å². The minimum atomic E-state index is -0.292. The molecule has 2 heterocycles. The van der Waals surface area contributed by atoms with Crippen LogP contribution in [0.4, 0.5) is 9.59 Å². The molecule has 2 atom stereocenters. The summed E-state index contributed by atoms with van der Waals surface area (Å²) in [5.41, 5.74) is 0.973. The number of amides is 2. The van der Waals surface area contributed by atoms with E-state index in [-0.39, 0.29) is 30.8 Å². The fourth-order valence-electron chi connectivity index (χ4n) is 3.04. The molecular weight excluding hydrogens is 284 g/mol. The van der Waals surface area contributed by atoms with Crippen LogP contribution in [-0.2, 0) is 16.1 Å². The van der Waals surface area contributed by atoms with Gasteiger partial charge in [-0.3, -0.25) is 0 Å². The van der Waals surface area contributed by atoms with E-state index in [1.54, 1.807) is 16.8 Å². The van der Waals surface area contributed by atoms with Crippen LogP contribution in [0.2, 0.25) is 0 Å². The van der Waals surface area contributed by atoms with Gasteiger partial charge >= 0.3 is 12.2 Å². The van der Waals surface area contributed by atoms with Crippen molar-refractivity contribution in [3.63, 3.8) is 0 Å².